The zero-order valence-electron chi connectivity index (χ0n) is 12.0. The highest BCUT2D eigenvalue weighted by molar-refractivity contribution is 5.21. The Kier molecular flexibility index (Phi) is 8.15. The lowest BCUT2D eigenvalue weighted by Gasteiger charge is -2.19. The summed E-state index contributed by atoms with van der Waals surface area (Å²) < 4.78 is 13.8. The van der Waals surface area contributed by atoms with Crippen molar-refractivity contribution in [2.45, 2.75) is 51.5 Å². The van der Waals surface area contributed by atoms with Gasteiger partial charge < -0.3 is 5.32 Å². The molecule has 1 aromatic rings. The Bertz CT molecular complexity index is 362. The van der Waals surface area contributed by atoms with Gasteiger partial charge in [0, 0.05) is 11.6 Å². The number of unbranched alkanes of at least 4 members (excludes halogenated alkanes) is 3. The molecule has 0 heterocycles. The first-order valence-corrected chi connectivity index (χ1v) is 7.38. The van der Waals surface area contributed by atoms with E-state index in [-0.39, 0.29) is 11.9 Å². The molecule has 1 unspecified atom stereocenters. The summed E-state index contributed by atoms with van der Waals surface area (Å²) >= 11 is 0. The molecule has 0 fully saturated rings. The van der Waals surface area contributed by atoms with Crippen molar-refractivity contribution in [1.29, 1.82) is 0 Å². The van der Waals surface area contributed by atoms with Gasteiger partial charge in [-0.2, -0.15) is 0 Å². The maximum absolute atomic E-state index is 13.8. The van der Waals surface area contributed by atoms with Crippen LogP contribution >= 0.6 is 0 Å². The molecule has 0 saturated heterocycles. The fraction of sp³-hybridized carbons (Fsp3) is 0.529. The summed E-state index contributed by atoms with van der Waals surface area (Å²) in [6.45, 7) is 6.80. The number of nitrogens with one attached hydrogen (secondary N) is 1. The van der Waals surface area contributed by atoms with Gasteiger partial charge in [0.1, 0.15) is 5.82 Å². The Balaban J connectivity index is 2.52. The van der Waals surface area contributed by atoms with Gasteiger partial charge in [-0.25, -0.2) is 4.39 Å². The summed E-state index contributed by atoms with van der Waals surface area (Å²) in [7, 11) is 0. The van der Waals surface area contributed by atoms with Crippen LogP contribution in [-0.4, -0.2) is 6.54 Å². The molecule has 0 spiro atoms. The molecule has 19 heavy (non-hydrogen) atoms. The molecule has 1 rings (SSSR count). The van der Waals surface area contributed by atoms with Crippen molar-refractivity contribution in [2.75, 3.05) is 6.54 Å². The van der Waals surface area contributed by atoms with E-state index < -0.39 is 0 Å². The lowest BCUT2D eigenvalue weighted by Crippen LogP contribution is -2.23. The van der Waals surface area contributed by atoms with E-state index in [4.69, 9.17) is 0 Å². The number of hydrogen-bond donors (Lipinski definition) is 1. The van der Waals surface area contributed by atoms with Crippen LogP contribution in [0.3, 0.4) is 0 Å². The van der Waals surface area contributed by atoms with Crippen molar-refractivity contribution in [3.8, 4) is 0 Å². The largest absolute Gasteiger partial charge is 0.310 e. The summed E-state index contributed by atoms with van der Waals surface area (Å²) in [5.41, 5.74) is 0.805. The van der Waals surface area contributed by atoms with Crippen LogP contribution in [0.1, 0.15) is 57.1 Å². The minimum Gasteiger partial charge on any atom is -0.310 e. The van der Waals surface area contributed by atoms with Crippen molar-refractivity contribution >= 4 is 0 Å². The van der Waals surface area contributed by atoms with Crippen LogP contribution < -0.4 is 5.32 Å². The van der Waals surface area contributed by atoms with E-state index in [9.17, 15) is 4.39 Å². The molecule has 106 valence electrons. The molecule has 1 nitrogen and oxygen atoms in total. The monoisotopic (exact) mass is 263 g/mol. The summed E-state index contributed by atoms with van der Waals surface area (Å²) in [5, 5.41) is 3.46. The van der Waals surface area contributed by atoms with Crippen LogP contribution in [0.15, 0.2) is 36.9 Å². The van der Waals surface area contributed by atoms with Gasteiger partial charge in [0.25, 0.3) is 0 Å². The topological polar surface area (TPSA) is 12.0 Å². The van der Waals surface area contributed by atoms with E-state index in [0.29, 0.717) is 0 Å². The highest BCUT2D eigenvalue weighted by Crippen LogP contribution is 2.22. The number of hydrogen-bond acceptors (Lipinski definition) is 1. The van der Waals surface area contributed by atoms with Gasteiger partial charge in [0.2, 0.25) is 0 Å². The predicted molar refractivity (Wildman–Crippen MR) is 80.7 cm³/mol. The normalized spacial score (nSPS) is 12.3. The third-order valence-electron chi connectivity index (χ3n) is 3.32. The van der Waals surface area contributed by atoms with Gasteiger partial charge in [-0.05, 0) is 38.3 Å². The van der Waals surface area contributed by atoms with Crippen molar-refractivity contribution in [2.24, 2.45) is 0 Å². The quantitative estimate of drug-likeness (QED) is 0.462. The van der Waals surface area contributed by atoms with Crippen molar-refractivity contribution in [3.63, 3.8) is 0 Å². The average molecular weight is 263 g/mol. The molecule has 1 aromatic carbocycles. The fourth-order valence-corrected chi connectivity index (χ4v) is 2.26. The van der Waals surface area contributed by atoms with E-state index in [1.165, 1.54) is 12.8 Å². The van der Waals surface area contributed by atoms with Gasteiger partial charge in [-0.1, -0.05) is 44.0 Å². The van der Waals surface area contributed by atoms with E-state index >= 15 is 0 Å². The smallest absolute Gasteiger partial charge is 0.127 e. The summed E-state index contributed by atoms with van der Waals surface area (Å²) in [4.78, 5) is 0. The number of allylic oxidation sites excluding steroid dienone is 1. The minimum absolute atomic E-state index is 0.0952. The molecular weight excluding hydrogens is 237 g/mol. The van der Waals surface area contributed by atoms with E-state index in [1.807, 2.05) is 18.2 Å². The predicted octanol–water partition coefficient (Wildman–Crippen LogP) is 5.00. The average Bonchev–Trinajstić information content (AvgIpc) is 2.43. The van der Waals surface area contributed by atoms with Gasteiger partial charge in [-0.15, -0.1) is 6.58 Å². The zero-order chi connectivity index (χ0) is 13.9. The Morgan fingerprint density at radius 3 is 2.74 bits per heavy atom. The highest BCUT2D eigenvalue weighted by atomic mass is 19.1. The maximum Gasteiger partial charge on any atom is 0.127 e. The molecule has 1 N–H and O–H groups in total. The van der Waals surface area contributed by atoms with Gasteiger partial charge >= 0.3 is 0 Å². The van der Waals surface area contributed by atoms with Crippen LogP contribution in [0.5, 0.6) is 0 Å². The van der Waals surface area contributed by atoms with Gasteiger partial charge in [-0.3, -0.25) is 0 Å². The number of halogens is 1. The SMILES string of the molecule is C=CCCCCCC(NCCC)c1ccccc1F. The maximum atomic E-state index is 13.8. The van der Waals surface area contributed by atoms with Crippen molar-refractivity contribution in [3.05, 3.63) is 48.3 Å². The van der Waals surface area contributed by atoms with Gasteiger partial charge in [0.15, 0.2) is 0 Å². The molecule has 2 heteroatoms. The number of rotatable bonds is 10. The first-order valence-electron chi connectivity index (χ1n) is 7.38. The van der Waals surface area contributed by atoms with E-state index in [0.717, 1.165) is 37.8 Å². The molecule has 0 saturated carbocycles. The second kappa shape index (κ2) is 9.74. The molecule has 0 aromatic heterocycles. The van der Waals surface area contributed by atoms with Crippen molar-refractivity contribution < 1.29 is 4.39 Å². The van der Waals surface area contributed by atoms with E-state index in [1.54, 1.807) is 12.1 Å². The molecule has 1 atom stereocenters. The first-order chi connectivity index (χ1) is 9.29. The van der Waals surface area contributed by atoms with Crippen molar-refractivity contribution in [1.82, 2.24) is 5.32 Å². The third-order valence-corrected chi connectivity index (χ3v) is 3.32. The summed E-state index contributed by atoms with van der Waals surface area (Å²) in [6.07, 6.45) is 8.60. The zero-order valence-corrected chi connectivity index (χ0v) is 12.0. The molecular formula is C17H26FN. The molecule has 0 amide bonds. The third kappa shape index (κ3) is 6.02. The second-order valence-corrected chi connectivity index (χ2v) is 4.95. The highest BCUT2D eigenvalue weighted by Gasteiger charge is 2.13. The Hall–Kier alpha value is -1.15. The molecule has 0 aliphatic heterocycles. The van der Waals surface area contributed by atoms with Crippen LogP contribution in [0.25, 0.3) is 0 Å². The Labute approximate surface area is 116 Å². The van der Waals surface area contributed by atoms with E-state index in [2.05, 4.69) is 18.8 Å². The Morgan fingerprint density at radius 1 is 1.26 bits per heavy atom. The fourth-order valence-electron chi connectivity index (χ4n) is 2.26. The number of benzene rings is 1. The second-order valence-electron chi connectivity index (χ2n) is 4.95. The minimum atomic E-state index is -0.0952. The standard InChI is InChI=1S/C17H26FN/c1-3-5-6-7-8-13-17(19-14-4-2)15-11-9-10-12-16(15)18/h3,9-12,17,19H,1,4-8,13-14H2,2H3. The molecule has 0 bridgehead atoms. The van der Waals surface area contributed by atoms with Crippen LogP contribution in [0.2, 0.25) is 0 Å². The first kappa shape index (κ1) is 15.9. The summed E-state index contributed by atoms with van der Waals surface area (Å²) in [6, 6.07) is 7.25. The molecule has 0 radical (unpaired) electrons. The van der Waals surface area contributed by atoms with Crippen LogP contribution in [0.4, 0.5) is 4.39 Å². The molecule has 0 aliphatic carbocycles. The molecule has 0 aliphatic rings. The van der Waals surface area contributed by atoms with Gasteiger partial charge in [0.05, 0.1) is 0 Å². The summed E-state index contributed by atoms with van der Waals surface area (Å²) in [5.74, 6) is -0.0952. The lowest BCUT2D eigenvalue weighted by atomic mass is 9.99. The van der Waals surface area contributed by atoms with Crippen LogP contribution in [0, 0.1) is 5.82 Å². The lowest BCUT2D eigenvalue weighted by molar-refractivity contribution is 0.453. The van der Waals surface area contributed by atoms with Crippen LogP contribution in [-0.2, 0) is 0 Å². The Morgan fingerprint density at radius 2 is 2.05 bits per heavy atom.